The standard InChI is InChI=1S/C26H32N8/c1-18(2)14-19-6-5-7-21(28-19)30-25-31-22(16-24(32-25)34-12-9-26(3,4)17-34)29-20-8-11-33-13-10-27-23(33)15-20/h5-8,10-11,13,15-16,18H,9,12,14,17H2,1-4H3,(H2,28,29,30,31,32). The van der Waals surface area contributed by atoms with Gasteiger partial charge in [0.25, 0.3) is 0 Å². The second-order valence-electron chi connectivity index (χ2n) is 10.2. The highest BCUT2D eigenvalue weighted by atomic mass is 15.3. The van der Waals surface area contributed by atoms with Gasteiger partial charge in [-0.1, -0.05) is 33.8 Å². The lowest BCUT2D eigenvalue weighted by Gasteiger charge is -2.22. The van der Waals surface area contributed by atoms with E-state index < -0.39 is 0 Å². The zero-order chi connectivity index (χ0) is 23.7. The molecule has 0 aliphatic carbocycles. The van der Waals surface area contributed by atoms with Crippen molar-refractivity contribution in [2.75, 3.05) is 28.6 Å². The first-order chi connectivity index (χ1) is 16.3. The van der Waals surface area contributed by atoms with Gasteiger partial charge < -0.3 is 19.9 Å². The second-order valence-corrected chi connectivity index (χ2v) is 10.2. The maximum atomic E-state index is 4.86. The van der Waals surface area contributed by atoms with E-state index in [1.807, 2.05) is 47.1 Å². The maximum Gasteiger partial charge on any atom is 0.232 e. The summed E-state index contributed by atoms with van der Waals surface area (Å²) in [6.07, 6.45) is 7.78. The Morgan fingerprint density at radius 1 is 1.00 bits per heavy atom. The van der Waals surface area contributed by atoms with Crippen LogP contribution in [-0.2, 0) is 6.42 Å². The number of pyridine rings is 2. The molecule has 0 radical (unpaired) electrons. The Kier molecular flexibility index (Phi) is 5.81. The molecule has 1 saturated heterocycles. The molecule has 5 heterocycles. The Balaban J connectivity index is 1.46. The van der Waals surface area contributed by atoms with Gasteiger partial charge in [-0.3, -0.25) is 0 Å². The highest BCUT2D eigenvalue weighted by Gasteiger charge is 2.30. The molecule has 5 rings (SSSR count). The molecule has 0 amide bonds. The first-order valence-corrected chi connectivity index (χ1v) is 11.9. The van der Waals surface area contributed by atoms with E-state index in [9.17, 15) is 0 Å². The Labute approximate surface area is 200 Å². The smallest absolute Gasteiger partial charge is 0.232 e. The van der Waals surface area contributed by atoms with Crippen LogP contribution >= 0.6 is 0 Å². The molecule has 2 N–H and O–H groups in total. The zero-order valence-electron chi connectivity index (χ0n) is 20.3. The van der Waals surface area contributed by atoms with E-state index in [0.29, 0.717) is 11.9 Å². The fourth-order valence-electron chi connectivity index (χ4n) is 4.36. The lowest BCUT2D eigenvalue weighted by Crippen LogP contribution is -2.24. The number of imidazole rings is 1. The minimum Gasteiger partial charge on any atom is -0.356 e. The van der Waals surface area contributed by atoms with Crippen LogP contribution in [0, 0.1) is 11.3 Å². The van der Waals surface area contributed by atoms with Gasteiger partial charge in [-0.25, -0.2) is 9.97 Å². The van der Waals surface area contributed by atoms with Crippen molar-refractivity contribution < 1.29 is 0 Å². The number of hydrogen-bond acceptors (Lipinski definition) is 7. The minimum absolute atomic E-state index is 0.268. The number of nitrogens with one attached hydrogen (secondary N) is 2. The van der Waals surface area contributed by atoms with Gasteiger partial charge in [0.15, 0.2) is 0 Å². The van der Waals surface area contributed by atoms with Crippen molar-refractivity contribution in [3.63, 3.8) is 0 Å². The summed E-state index contributed by atoms with van der Waals surface area (Å²) in [7, 11) is 0. The molecule has 8 heteroatoms. The van der Waals surface area contributed by atoms with Gasteiger partial charge in [0.1, 0.15) is 23.1 Å². The van der Waals surface area contributed by atoms with Crippen LogP contribution in [0.4, 0.5) is 29.1 Å². The van der Waals surface area contributed by atoms with E-state index in [0.717, 1.165) is 60.4 Å². The molecular formula is C26H32N8. The monoisotopic (exact) mass is 456 g/mol. The average Bonchev–Trinajstić information content (AvgIpc) is 3.39. The van der Waals surface area contributed by atoms with E-state index in [1.54, 1.807) is 6.20 Å². The molecule has 8 nitrogen and oxygen atoms in total. The molecule has 4 aromatic heterocycles. The van der Waals surface area contributed by atoms with E-state index >= 15 is 0 Å². The van der Waals surface area contributed by atoms with Crippen LogP contribution in [-0.4, -0.2) is 37.4 Å². The van der Waals surface area contributed by atoms with Gasteiger partial charge in [0.05, 0.1) is 0 Å². The normalized spacial score (nSPS) is 15.3. The molecule has 1 aliphatic rings. The molecule has 1 fully saturated rings. The van der Waals surface area contributed by atoms with Gasteiger partial charge in [-0.05, 0) is 42.4 Å². The van der Waals surface area contributed by atoms with Crippen molar-refractivity contribution in [2.24, 2.45) is 11.3 Å². The van der Waals surface area contributed by atoms with Crippen molar-refractivity contribution in [3.8, 4) is 0 Å². The molecule has 0 spiro atoms. The summed E-state index contributed by atoms with van der Waals surface area (Å²) in [5.41, 5.74) is 3.13. The van der Waals surface area contributed by atoms with Gasteiger partial charge in [0, 0.05) is 55.2 Å². The molecular weight excluding hydrogens is 424 g/mol. The molecule has 0 saturated carbocycles. The lowest BCUT2D eigenvalue weighted by atomic mass is 9.93. The number of rotatable bonds is 7. The highest BCUT2D eigenvalue weighted by molar-refractivity contribution is 5.66. The van der Waals surface area contributed by atoms with Crippen LogP contribution in [0.3, 0.4) is 0 Å². The minimum atomic E-state index is 0.268. The summed E-state index contributed by atoms with van der Waals surface area (Å²) in [5, 5.41) is 6.78. The average molecular weight is 457 g/mol. The van der Waals surface area contributed by atoms with Crippen molar-refractivity contribution in [2.45, 2.75) is 40.5 Å². The Morgan fingerprint density at radius 2 is 1.88 bits per heavy atom. The lowest BCUT2D eigenvalue weighted by molar-refractivity contribution is 0.418. The Morgan fingerprint density at radius 3 is 2.68 bits per heavy atom. The van der Waals surface area contributed by atoms with Crippen LogP contribution in [0.2, 0.25) is 0 Å². The fourth-order valence-corrected chi connectivity index (χ4v) is 4.36. The topological polar surface area (TPSA) is 83.3 Å². The fraction of sp³-hybridized carbons (Fsp3) is 0.385. The van der Waals surface area contributed by atoms with Crippen LogP contribution in [0.5, 0.6) is 0 Å². The number of hydrogen-bond donors (Lipinski definition) is 2. The summed E-state index contributed by atoms with van der Waals surface area (Å²) in [6.45, 7) is 10.9. The molecule has 176 valence electrons. The van der Waals surface area contributed by atoms with Gasteiger partial charge in [-0.15, -0.1) is 0 Å². The van der Waals surface area contributed by atoms with Crippen LogP contribution < -0.4 is 15.5 Å². The second kappa shape index (κ2) is 8.93. The van der Waals surface area contributed by atoms with Crippen LogP contribution in [0.15, 0.2) is 55.0 Å². The summed E-state index contributed by atoms with van der Waals surface area (Å²) in [5.74, 6) is 3.46. The molecule has 4 aromatic rings. The Bertz CT molecular complexity index is 1290. The summed E-state index contributed by atoms with van der Waals surface area (Å²) < 4.78 is 1.98. The first kappa shape index (κ1) is 22.1. The quantitative estimate of drug-likeness (QED) is 0.383. The van der Waals surface area contributed by atoms with Gasteiger partial charge in [-0.2, -0.15) is 9.97 Å². The summed E-state index contributed by atoms with van der Waals surface area (Å²) in [4.78, 5) is 21.1. The molecule has 34 heavy (non-hydrogen) atoms. The largest absolute Gasteiger partial charge is 0.356 e. The summed E-state index contributed by atoms with van der Waals surface area (Å²) >= 11 is 0. The van der Waals surface area contributed by atoms with Crippen LogP contribution in [0.1, 0.15) is 39.8 Å². The molecule has 0 bridgehead atoms. The molecule has 0 aromatic carbocycles. The van der Waals surface area contributed by atoms with Crippen LogP contribution in [0.25, 0.3) is 5.65 Å². The molecule has 1 aliphatic heterocycles. The number of anilines is 5. The molecule has 0 atom stereocenters. The van der Waals surface area contributed by atoms with E-state index in [4.69, 9.17) is 15.0 Å². The highest BCUT2D eigenvalue weighted by Crippen LogP contribution is 2.33. The number of nitrogens with zero attached hydrogens (tertiary/aromatic N) is 6. The third kappa shape index (κ3) is 5.11. The zero-order valence-corrected chi connectivity index (χ0v) is 20.3. The predicted molar refractivity (Wildman–Crippen MR) is 137 cm³/mol. The van der Waals surface area contributed by atoms with E-state index in [1.165, 1.54) is 0 Å². The van der Waals surface area contributed by atoms with Gasteiger partial charge in [0.2, 0.25) is 5.95 Å². The molecule has 0 unspecified atom stereocenters. The summed E-state index contributed by atoms with van der Waals surface area (Å²) in [6, 6.07) is 12.1. The maximum absolute atomic E-state index is 4.86. The van der Waals surface area contributed by atoms with Gasteiger partial charge >= 0.3 is 0 Å². The first-order valence-electron chi connectivity index (χ1n) is 11.9. The van der Waals surface area contributed by atoms with Crippen molar-refractivity contribution >= 4 is 34.7 Å². The Hall–Kier alpha value is -3.68. The van der Waals surface area contributed by atoms with Crippen molar-refractivity contribution in [3.05, 3.63) is 60.7 Å². The SMILES string of the molecule is CC(C)Cc1cccc(Nc2nc(Nc3ccn4ccnc4c3)cc(N3CCC(C)(C)C3)n2)n1. The van der Waals surface area contributed by atoms with E-state index in [2.05, 4.69) is 54.3 Å². The van der Waals surface area contributed by atoms with E-state index in [-0.39, 0.29) is 5.41 Å². The third-order valence-corrected chi connectivity index (χ3v) is 6.05. The number of aromatic nitrogens is 5. The number of fused-ring (bicyclic) bond motifs is 1. The van der Waals surface area contributed by atoms with Crippen molar-refractivity contribution in [1.29, 1.82) is 0 Å². The third-order valence-electron chi connectivity index (χ3n) is 6.05. The van der Waals surface area contributed by atoms with Crippen molar-refractivity contribution in [1.82, 2.24) is 24.3 Å². The predicted octanol–water partition coefficient (Wildman–Crippen LogP) is 5.44.